The fourth-order valence-electron chi connectivity index (χ4n) is 3.64. The zero-order valence-corrected chi connectivity index (χ0v) is 18.6. The van der Waals surface area contributed by atoms with Crippen molar-refractivity contribution < 1.29 is 9.21 Å². The molecule has 3 aromatic heterocycles. The Kier molecular flexibility index (Phi) is 7.29. The number of aromatic amines is 1. The molecule has 1 amide bonds. The molecule has 0 aliphatic rings. The van der Waals surface area contributed by atoms with E-state index in [0.717, 1.165) is 45.1 Å². The number of nitriles is 1. The number of H-pyrrole nitrogens is 1. The number of benzene rings is 1. The van der Waals surface area contributed by atoms with Crippen LogP contribution >= 0.6 is 0 Å². The molecule has 7 heteroatoms. The van der Waals surface area contributed by atoms with Gasteiger partial charge in [0.25, 0.3) is 0 Å². The number of para-hydroxylation sites is 1. The highest BCUT2D eigenvalue weighted by atomic mass is 16.3. The molecule has 7 nitrogen and oxygen atoms in total. The monoisotopic (exact) mass is 429 g/mol. The van der Waals surface area contributed by atoms with Crippen LogP contribution in [0.3, 0.4) is 0 Å². The molecule has 0 radical (unpaired) electrons. The molecule has 0 aliphatic heterocycles. The molecule has 0 fully saturated rings. The normalized spacial score (nSPS) is 10.4. The number of furan rings is 1. The van der Waals surface area contributed by atoms with Crippen LogP contribution in [0.4, 0.5) is 11.4 Å². The minimum absolute atomic E-state index is 0.0829. The molecule has 0 aliphatic carbocycles. The third kappa shape index (κ3) is 4.98. The highest BCUT2D eigenvalue weighted by Crippen LogP contribution is 2.28. The first-order valence-electron chi connectivity index (χ1n) is 10.4. The van der Waals surface area contributed by atoms with E-state index in [9.17, 15) is 4.79 Å². The van der Waals surface area contributed by atoms with E-state index >= 15 is 0 Å². The quantitative estimate of drug-likeness (QED) is 0.425. The number of amides is 1. The van der Waals surface area contributed by atoms with Gasteiger partial charge in [0.05, 0.1) is 29.5 Å². The van der Waals surface area contributed by atoms with Gasteiger partial charge in [0, 0.05) is 37.1 Å². The Morgan fingerprint density at radius 3 is 2.62 bits per heavy atom. The van der Waals surface area contributed by atoms with E-state index in [1.54, 1.807) is 11.2 Å². The summed E-state index contributed by atoms with van der Waals surface area (Å²) in [6.45, 7) is 8.14. The van der Waals surface area contributed by atoms with Crippen LogP contribution in [0.15, 0.2) is 59.2 Å². The number of fused-ring (bicyclic) bond motifs is 1. The van der Waals surface area contributed by atoms with Crippen molar-refractivity contribution in [3.8, 4) is 6.57 Å². The lowest BCUT2D eigenvalue weighted by atomic mass is 10.1. The number of nitrogens with zero attached hydrogens (tertiary/aromatic N) is 3. The molecule has 1 aromatic carbocycles. The van der Waals surface area contributed by atoms with Gasteiger partial charge in [-0.15, -0.1) is 0 Å². The molecule has 164 valence electrons. The lowest BCUT2D eigenvalue weighted by Crippen LogP contribution is -2.26. The highest BCUT2D eigenvalue weighted by molar-refractivity contribution is 5.94. The van der Waals surface area contributed by atoms with Gasteiger partial charge in [-0.1, -0.05) is 18.2 Å². The molecule has 4 aromatic rings. The van der Waals surface area contributed by atoms with Crippen LogP contribution in [0.25, 0.3) is 11.0 Å². The van der Waals surface area contributed by atoms with Crippen LogP contribution in [0.5, 0.6) is 0 Å². The van der Waals surface area contributed by atoms with Gasteiger partial charge in [-0.05, 0) is 56.2 Å². The van der Waals surface area contributed by atoms with Crippen LogP contribution in [0.1, 0.15) is 29.1 Å². The van der Waals surface area contributed by atoms with Gasteiger partial charge in [-0.2, -0.15) is 0 Å². The lowest BCUT2D eigenvalue weighted by molar-refractivity contribution is -0.118. The van der Waals surface area contributed by atoms with E-state index in [-0.39, 0.29) is 5.91 Å². The summed E-state index contributed by atoms with van der Waals surface area (Å²) in [6, 6.07) is 15.6. The molecule has 0 saturated carbocycles. The zero-order chi connectivity index (χ0) is 23.1. The smallest absolute Gasteiger partial charge is 0.227 e. The van der Waals surface area contributed by atoms with Crippen LogP contribution in [-0.2, 0) is 17.8 Å². The Morgan fingerprint density at radius 2 is 1.94 bits per heavy atom. The van der Waals surface area contributed by atoms with Crippen molar-refractivity contribution in [2.75, 3.05) is 17.3 Å². The second-order valence-electron chi connectivity index (χ2n) is 7.48. The molecular formula is C25H27N5O2. The fraction of sp³-hybridized carbons (Fsp3) is 0.240. The Bertz CT molecular complexity index is 1190. The zero-order valence-electron chi connectivity index (χ0n) is 18.6. The molecule has 32 heavy (non-hydrogen) atoms. The minimum atomic E-state index is 0.0829. The van der Waals surface area contributed by atoms with E-state index in [2.05, 4.69) is 23.8 Å². The maximum Gasteiger partial charge on any atom is 0.227 e. The van der Waals surface area contributed by atoms with Crippen molar-refractivity contribution in [3.63, 3.8) is 0 Å². The standard InChI is InChI=1S/C24H26N4O2.CHN/c1-16-14-21(25-15-19-10-7-13-30-19)24-23(26-16)17(2)20(27-24)11-12-22(29)28(3)18-8-5-4-6-9-18;1-2/h4-10,13-14,27H,11-12,15H2,1-3H3,(H,25,26);1H. The highest BCUT2D eigenvalue weighted by Gasteiger charge is 2.16. The molecule has 3 heterocycles. The molecule has 2 N–H and O–H groups in total. The SMILES string of the molecule is C#N.Cc1cc(NCc2ccco2)c2[nH]c(CCC(=O)N(C)c3ccccc3)c(C)c2n1. The minimum Gasteiger partial charge on any atom is -0.467 e. The lowest BCUT2D eigenvalue weighted by Gasteiger charge is -2.17. The maximum absolute atomic E-state index is 12.7. The van der Waals surface area contributed by atoms with Crippen LogP contribution in [-0.4, -0.2) is 22.9 Å². The van der Waals surface area contributed by atoms with Crippen LogP contribution < -0.4 is 10.2 Å². The maximum atomic E-state index is 12.7. The summed E-state index contributed by atoms with van der Waals surface area (Å²) in [7, 11) is 1.82. The molecule has 0 unspecified atom stereocenters. The van der Waals surface area contributed by atoms with Gasteiger partial charge in [-0.25, -0.2) is 5.26 Å². The van der Waals surface area contributed by atoms with Crippen molar-refractivity contribution in [1.29, 1.82) is 5.26 Å². The number of rotatable bonds is 7. The largest absolute Gasteiger partial charge is 0.467 e. The van der Waals surface area contributed by atoms with Crippen molar-refractivity contribution in [2.45, 2.75) is 33.2 Å². The third-order valence-corrected chi connectivity index (χ3v) is 5.37. The molecule has 0 bridgehead atoms. The van der Waals surface area contributed by atoms with Crippen molar-refractivity contribution in [1.82, 2.24) is 9.97 Å². The Balaban J connectivity index is 0.00000141. The van der Waals surface area contributed by atoms with Gasteiger partial charge in [-0.3, -0.25) is 9.78 Å². The van der Waals surface area contributed by atoms with Crippen molar-refractivity contribution in [2.24, 2.45) is 0 Å². The number of hydrogen-bond donors (Lipinski definition) is 2. The number of pyridine rings is 1. The van der Waals surface area contributed by atoms with E-state index in [1.165, 1.54) is 0 Å². The van der Waals surface area contributed by atoms with Gasteiger partial charge in [0.2, 0.25) is 5.91 Å². The fourth-order valence-corrected chi connectivity index (χ4v) is 3.64. The number of anilines is 2. The number of carbonyl (C=O) groups is 1. The summed E-state index contributed by atoms with van der Waals surface area (Å²) in [5.41, 5.74) is 6.86. The number of carbonyl (C=O) groups excluding carboxylic acids is 1. The average Bonchev–Trinajstić information content (AvgIpc) is 3.46. The number of aromatic nitrogens is 2. The predicted octanol–water partition coefficient (Wildman–Crippen LogP) is 5.12. The van der Waals surface area contributed by atoms with Crippen molar-refractivity contribution >= 4 is 28.3 Å². The van der Waals surface area contributed by atoms with E-state index in [1.807, 2.05) is 62.5 Å². The van der Waals surface area contributed by atoms with Gasteiger partial charge in [0.1, 0.15) is 5.76 Å². The van der Waals surface area contributed by atoms with Gasteiger partial charge >= 0.3 is 0 Å². The molecule has 0 spiro atoms. The molecule has 4 rings (SSSR count). The van der Waals surface area contributed by atoms with E-state index in [0.29, 0.717) is 19.4 Å². The summed E-state index contributed by atoms with van der Waals surface area (Å²) < 4.78 is 5.42. The first-order chi connectivity index (χ1) is 15.5. The summed E-state index contributed by atoms with van der Waals surface area (Å²) in [4.78, 5) is 22.6. The first-order valence-corrected chi connectivity index (χ1v) is 10.4. The number of nitrogens with one attached hydrogen (secondary N) is 2. The average molecular weight is 430 g/mol. The van der Waals surface area contributed by atoms with Crippen molar-refractivity contribution in [3.05, 3.63) is 77.5 Å². The summed E-state index contributed by atoms with van der Waals surface area (Å²) in [5, 5.41) is 9.94. The molecular weight excluding hydrogens is 402 g/mol. The van der Waals surface area contributed by atoms with Crippen LogP contribution in [0.2, 0.25) is 0 Å². The second kappa shape index (κ2) is 10.3. The van der Waals surface area contributed by atoms with Crippen LogP contribution in [0, 0.1) is 25.7 Å². The molecule has 0 atom stereocenters. The summed E-state index contributed by atoms with van der Waals surface area (Å²) >= 11 is 0. The van der Waals surface area contributed by atoms with E-state index in [4.69, 9.17) is 14.7 Å². The first kappa shape index (κ1) is 22.6. The summed E-state index contributed by atoms with van der Waals surface area (Å²) in [5.74, 6) is 0.954. The Morgan fingerprint density at radius 1 is 1.19 bits per heavy atom. The second-order valence-corrected chi connectivity index (χ2v) is 7.48. The van der Waals surface area contributed by atoms with Gasteiger partial charge < -0.3 is 19.6 Å². The third-order valence-electron chi connectivity index (χ3n) is 5.37. The number of hydrogen-bond acceptors (Lipinski definition) is 5. The Labute approximate surface area is 187 Å². The number of aryl methyl sites for hydroxylation is 3. The predicted molar refractivity (Wildman–Crippen MR) is 126 cm³/mol. The van der Waals surface area contributed by atoms with E-state index < -0.39 is 0 Å². The Hall–Kier alpha value is -4.05. The topological polar surface area (TPSA) is 97.9 Å². The molecule has 0 saturated heterocycles. The van der Waals surface area contributed by atoms with Gasteiger partial charge in [0.15, 0.2) is 0 Å². The summed E-state index contributed by atoms with van der Waals surface area (Å²) in [6.07, 6.45) is 2.73.